The van der Waals surface area contributed by atoms with Gasteiger partial charge in [-0.05, 0) is 106 Å². The van der Waals surface area contributed by atoms with E-state index in [-0.39, 0.29) is 45.2 Å². The van der Waals surface area contributed by atoms with Crippen LogP contribution in [0.3, 0.4) is 0 Å². The van der Waals surface area contributed by atoms with Gasteiger partial charge in [-0.3, -0.25) is 0 Å². The predicted molar refractivity (Wildman–Crippen MR) is 236 cm³/mol. The zero-order valence-corrected chi connectivity index (χ0v) is 38.6. The monoisotopic (exact) mass is 779 g/mol. The first-order valence-corrected chi connectivity index (χ1v) is 21.7. The van der Waals surface area contributed by atoms with Gasteiger partial charge in [0.05, 0.1) is 0 Å². The second-order valence-corrected chi connectivity index (χ2v) is 18.8. The lowest BCUT2D eigenvalue weighted by Crippen LogP contribution is -2.54. The van der Waals surface area contributed by atoms with Crippen molar-refractivity contribution >= 4 is 0 Å². The third-order valence-corrected chi connectivity index (χ3v) is 13.7. The highest BCUT2D eigenvalue weighted by Crippen LogP contribution is 2.64. The summed E-state index contributed by atoms with van der Waals surface area (Å²) in [5.41, 5.74) is 6.06. The predicted octanol–water partition coefficient (Wildman–Crippen LogP) is 14.2. The number of benzene rings is 3. The molecule has 57 heavy (non-hydrogen) atoms. The van der Waals surface area contributed by atoms with E-state index in [1.165, 1.54) is 12.8 Å². The summed E-state index contributed by atoms with van der Waals surface area (Å²) < 4.78 is 12.8. The Hall–Kier alpha value is -4.16. The highest BCUT2D eigenvalue weighted by molar-refractivity contribution is 5.76. The van der Waals surface area contributed by atoms with Crippen LogP contribution >= 0.6 is 0 Å². The maximum atomic E-state index is 10.4. The minimum Gasteiger partial charge on any atom is -0.504 e. The minimum atomic E-state index is -0.290. The molecule has 0 aromatic heterocycles. The van der Waals surface area contributed by atoms with Gasteiger partial charge < -0.3 is 19.7 Å². The Balaban J connectivity index is 0.000000641. The van der Waals surface area contributed by atoms with Crippen molar-refractivity contribution in [1.82, 2.24) is 0 Å². The lowest BCUT2D eigenvalue weighted by atomic mass is 9.46. The topological polar surface area (TPSA) is 107 Å². The van der Waals surface area contributed by atoms with E-state index in [1.54, 1.807) is 12.1 Å². The molecular formula is C51H74N2O4. The molecule has 0 amide bonds. The van der Waals surface area contributed by atoms with Gasteiger partial charge in [-0.1, -0.05) is 137 Å². The number of nitriles is 2. The number of hydrogen-bond acceptors (Lipinski definition) is 6. The molecule has 6 nitrogen and oxygen atoms in total. The van der Waals surface area contributed by atoms with Crippen LogP contribution in [0, 0.1) is 39.9 Å². The van der Waals surface area contributed by atoms with E-state index in [4.69, 9.17) is 9.47 Å². The van der Waals surface area contributed by atoms with E-state index in [0.29, 0.717) is 28.4 Å². The second kappa shape index (κ2) is 17.8. The maximum Gasteiger partial charge on any atom is 0.188 e. The summed E-state index contributed by atoms with van der Waals surface area (Å²) in [6.45, 7) is 37.2. The van der Waals surface area contributed by atoms with Crippen LogP contribution in [0.15, 0.2) is 30.3 Å². The van der Waals surface area contributed by atoms with Crippen LogP contribution in [0.2, 0.25) is 0 Å². The summed E-state index contributed by atoms with van der Waals surface area (Å²) in [4.78, 5) is 0. The standard InChI is InChI=1S/C39H44N2O4.C8H18.2C2H6/c1-10-39(9)32-25(18-41)33-34(24(17-40)31(32)37(39,6)7)45-30-12-11-22(13-23(30)19-44-33)16-35(2,3)20-38(8)21-36(4,5)26-14-28(42)29(43)15-27(26)38;1-5-7(3)8(4)6-2;2*1-2/h11-15,42-43H,10,16,19-21H2,1-9H3;7-8H,5-6H2,1-4H3;2*1-2H3. The SMILES string of the molecule is CC.CC.CCC(C)C(C)CC.CCC1(C)c2c(C#N)c3c(c(C#N)c2C1(C)C)Oc1ccc(CC(C)(C)CC2(C)CC(C)(C)c4cc(O)c(O)cc42)cc1CO3. The molecule has 2 aliphatic carbocycles. The summed E-state index contributed by atoms with van der Waals surface area (Å²) in [7, 11) is 0. The van der Waals surface area contributed by atoms with Crippen LogP contribution in [0.25, 0.3) is 0 Å². The molecule has 0 saturated heterocycles. The Morgan fingerprint density at radius 3 is 1.81 bits per heavy atom. The molecule has 6 rings (SSSR count). The fraction of sp³-hybridized carbons (Fsp3) is 0.608. The van der Waals surface area contributed by atoms with Crippen LogP contribution in [0.1, 0.15) is 194 Å². The van der Waals surface area contributed by atoms with Crippen LogP contribution in [0.5, 0.6) is 28.7 Å². The molecule has 6 heteroatoms. The Morgan fingerprint density at radius 1 is 0.772 bits per heavy atom. The average molecular weight is 779 g/mol. The molecule has 2 N–H and O–H groups in total. The van der Waals surface area contributed by atoms with Crippen LogP contribution in [-0.4, -0.2) is 10.2 Å². The number of fused-ring (bicyclic) bond motifs is 4. The Morgan fingerprint density at radius 2 is 1.30 bits per heavy atom. The van der Waals surface area contributed by atoms with E-state index < -0.39 is 0 Å². The van der Waals surface area contributed by atoms with Gasteiger partial charge in [0.2, 0.25) is 0 Å². The molecule has 1 heterocycles. The van der Waals surface area contributed by atoms with Gasteiger partial charge in [0.1, 0.15) is 35.6 Å². The lowest BCUT2D eigenvalue weighted by molar-refractivity contribution is 0.204. The summed E-state index contributed by atoms with van der Waals surface area (Å²) in [5, 5.41) is 41.3. The number of phenolic OH excluding ortho intramolecular Hbond substituents is 2. The van der Waals surface area contributed by atoms with E-state index in [9.17, 15) is 20.7 Å². The fourth-order valence-electron chi connectivity index (χ4n) is 10.1. The smallest absolute Gasteiger partial charge is 0.188 e. The van der Waals surface area contributed by atoms with E-state index >= 15 is 0 Å². The fourth-order valence-corrected chi connectivity index (χ4v) is 10.1. The van der Waals surface area contributed by atoms with E-state index in [2.05, 4.69) is 114 Å². The van der Waals surface area contributed by atoms with Crippen LogP contribution in [0.4, 0.5) is 0 Å². The Bertz CT molecular complexity index is 1990. The summed E-state index contributed by atoms with van der Waals surface area (Å²) in [6.07, 6.45) is 6.13. The molecule has 3 aromatic rings. The van der Waals surface area contributed by atoms with Crippen molar-refractivity contribution in [3.05, 3.63) is 74.8 Å². The molecule has 3 aromatic carbocycles. The second-order valence-electron chi connectivity index (χ2n) is 18.8. The van der Waals surface area contributed by atoms with Crippen molar-refractivity contribution in [2.24, 2.45) is 17.3 Å². The quantitative estimate of drug-likeness (QED) is 0.221. The Labute approximate surface area is 346 Å². The first-order valence-electron chi connectivity index (χ1n) is 21.7. The Kier molecular flexibility index (Phi) is 14.7. The number of phenols is 2. The summed E-state index contributed by atoms with van der Waals surface area (Å²) in [6, 6.07) is 14.5. The summed E-state index contributed by atoms with van der Waals surface area (Å²) >= 11 is 0. The number of hydrogen-bond donors (Lipinski definition) is 2. The molecule has 0 radical (unpaired) electrons. The van der Waals surface area contributed by atoms with Crippen molar-refractivity contribution in [3.8, 4) is 40.9 Å². The molecule has 0 spiro atoms. The minimum absolute atomic E-state index is 0.0668. The van der Waals surface area contributed by atoms with Crippen LogP contribution in [-0.2, 0) is 34.7 Å². The first-order chi connectivity index (χ1) is 26.6. The third kappa shape index (κ3) is 8.53. The molecule has 312 valence electrons. The van der Waals surface area contributed by atoms with Crippen molar-refractivity contribution in [1.29, 1.82) is 10.5 Å². The van der Waals surface area contributed by atoms with Gasteiger partial charge >= 0.3 is 0 Å². The lowest BCUT2D eigenvalue weighted by Gasteiger charge is -2.56. The highest BCUT2D eigenvalue weighted by Gasteiger charge is 2.58. The van der Waals surface area contributed by atoms with Crippen LogP contribution < -0.4 is 9.47 Å². The maximum absolute atomic E-state index is 10.4. The van der Waals surface area contributed by atoms with Gasteiger partial charge in [0, 0.05) is 16.4 Å². The number of nitrogens with zero attached hydrogens (tertiary/aromatic N) is 2. The zero-order chi connectivity index (χ0) is 43.5. The molecule has 1 aliphatic heterocycles. The third-order valence-electron chi connectivity index (χ3n) is 13.7. The van der Waals surface area contributed by atoms with Crippen molar-refractivity contribution in [3.63, 3.8) is 0 Å². The van der Waals surface area contributed by atoms with Crippen molar-refractivity contribution in [2.75, 3.05) is 0 Å². The molecule has 0 fully saturated rings. The van der Waals surface area contributed by atoms with Gasteiger partial charge in [-0.2, -0.15) is 10.5 Å². The molecule has 3 aliphatic rings. The van der Waals surface area contributed by atoms with E-state index in [0.717, 1.165) is 70.9 Å². The average Bonchev–Trinajstić information content (AvgIpc) is 3.27. The van der Waals surface area contributed by atoms with Gasteiger partial charge in [0.25, 0.3) is 0 Å². The largest absolute Gasteiger partial charge is 0.504 e. The number of aromatic hydroxyl groups is 2. The normalized spacial score (nSPS) is 21.2. The van der Waals surface area contributed by atoms with Gasteiger partial charge in [0.15, 0.2) is 23.0 Å². The first kappa shape index (κ1) is 47.2. The van der Waals surface area contributed by atoms with Gasteiger partial charge in [-0.25, -0.2) is 0 Å². The summed E-state index contributed by atoms with van der Waals surface area (Å²) in [5.74, 6) is 3.04. The molecule has 4 unspecified atom stereocenters. The van der Waals surface area contributed by atoms with Crippen molar-refractivity contribution < 1.29 is 19.7 Å². The van der Waals surface area contributed by atoms with Crippen molar-refractivity contribution in [2.45, 2.75) is 184 Å². The van der Waals surface area contributed by atoms with Gasteiger partial charge in [-0.15, -0.1) is 0 Å². The zero-order valence-electron chi connectivity index (χ0n) is 38.6. The number of ether oxygens (including phenoxy) is 2. The number of rotatable bonds is 8. The highest BCUT2D eigenvalue weighted by atomic mass is 16.5. The molecular weight excluding hydrogens is 705 g/mol. The molecule has 0 saturated carbocycles. The molecule has 0 bridgehead atoms. The van der Waals surface area contributed by atoms with E-state index in [1.807, 2.05) is 33.8 Å². The molecule has 4 atom stereocenters.